The van der Waals surface area contributed by atoms with E-state index in [1.807, 2.05) is 23.7 Å². The maximum Gasteiger partial charge on any atom is 0.125 e. The predicted molar refractivity (Wildman–Crippen MR) is 97.2 cm³/mol. The van der Waals surface area contributed by atoms with E-state index in [1.54, 1.807) is 12.3 Å². The fourth-order valence-electron chi connectivity index (χ4n) is 3.81. The number of pyridine rings is 1. The van der Waals surface area contributed by atoms with Crippen molar-refractivity contribution in [1.82, 2.24) is 9.55 Å². The monoisotopic (exact) mass is 339 g/mol. The van der Waals surface area contributed by atoms with Gasteiger partial charge < -0.3 is 15.0 Å². The Morgan fingerprint density at radius 1 is 1.36 bits per heavy atom. The summed E-state index contributed by atoms with van der Waals surface area (Å²) < 4.78 is 15.4. The molecule has 4 nitrogen and oxygen atoms in total. The van der Waals surface area contributed by atoms with Crippen LogP contribution in [0.15, 0.2) is 36.7 Å². The number of benzene rings is 1. The van der Waals surface area contributed by atoms with Crippen LogP contribution in [-0.4, -0.2) is 21.2 Å². The van der Waals surface area contributed by atoms with Crippen LogP contribution in [0.25, 0.3) is 10.9 Å². The molecule has 2 aromatic heterocycles. The fourth-order valence-corrected chi connectivity index (χ4v) is 3.81. The smallest absolute Gasteiger partial charge is 0.125 e. The third-order valence-corrected chi connectivity index (χ3v) is 5.05. The number of halogens is 1. The lowest BCUT2D eigenvalue weighted by Crippen LogP contribution is -2.15. The molecule has 1 aliphatic rings. The van der Waals surface area contributed by atoms with Crippen molar-refractivity contribution in [2.75, 3.05) is 11.9 Å². The van der Waals surface area contributed by atoms with E-state index in [0.717, 1.165) is 60.1 Å². The molecule has 1 unspecified atom stereocenters. The zero-order valence-corrected chi connectivity index (χ0v) is 14.3. The Morgan fingerprint density at radius 2 is 2.24 bits per heavy atom. The van der Waals surface area contributed by atoms with E-state index in [4.69, 9.17) is 0 Å². The van der Waals surface area contributed by atoms with E-state index in [2.05, 4.69) is 16.5 Å². The molecular formula is C20H22FN3O. The number of fused-ring (bicyclic) bond motifs is 2. The van der Waals surface area contributed by atoms with Crippen LogP contribution in [0.4, 0.5) is 10.1 Å². The molecule has 4 rings (SSSR count). The van der Waals surface area contributed by atoms with Crippen LogP contribution in [0.1, 0.15) is 35.8 Å². The first-order chi connectivity index (χ1) is 12.1. The van der Waals surface area contributed by atoms with Gasteiger partial charge >= 0.3 is 0 Å². The molecule has 1 aromatic carbocycles. The van der Waals surface area contributed by atoms with Crippen LogP contribution >= 0.6 is 0 Å². The molecule has 3 aromatic rings. The van der Waals surface area contributed by atoms with Gasteiger partial charge in [-0.1, -0.05) is 0 Å². The maximum absolute atomic E-state index is 13.4. The number of hydrogen-bond donors (Lipinski definition) is 2. The molecule has 0 saturated heterocycles. The lowest BCUT2D eigenvalue weighted by Gasteiger charge is -2.23. The molecular weight excluding hydrogens is 317 g/mol. The molecule has 5 heteroatoms. The highest BCUT2D eigenvalue weighted by atomic mass is 19.1. The number of aliphatic hydroxyl groups is 1. The Hall–Kier alpha value is -2.40. The summed E-state index contributed by atoms with van der Waals surface area (Å²) in [6, 6.07) is 6.92. The first-order valence-electron chi connectivity index (χ1n) is 8.76. The summed E-state index contributed by atoms with van der Waals surface area (Å²) >= 11 is 0. The number of aryl methyl sites for hydroxylation is 1. The molecule has 1 aliphatic carbocycles. The van der Waals surface area contributed by atoms with E-state index >= 15 is 0 Å². The molecule has 0 fully saturated rings. The Labute approximate surface area is 146 Å². The van der Waals surface area contributed by atoms with Gasteiger partial charge in [-0.15, -0.1) is 0 Å². The van der Waals surface area contributed by atoms with E-state index in [-0.39, 0.29) is 5.82 Å². The van der Waals surface area contributed by atoms with E-state index in [9.17, 15) is 9.50 Å². The molecule has 0 radical (unpaired) electrons. The van der Waals surface area contributed by atoms with Crippen molar-refractivity contribution >= 4 is 16.6 Å². The van der Waals surface area contributed by atoms with Crippen LogP contribution in [0, 0.1) is 5.82 Å². The van der Waals surface area contributed by atoms with Crippen molar-refractivity contribution < 1.29 is 9.50 Å². The second kappa shape index (κ2) is 6.48. The second-order valence-electron chi connectivity index (χ2n) is 6.73. The van der Waals surface area contributed by atoms with Gasteiger partial charge in [0.1, 0.15) is 5.82 Å². The number of nitrogens with zero attached hydrogens (tertiary/aromatic N) is 2. The lowest BCUT2D eigenvalue weighted by atomic mass is 9.92. The zero-order chi connectivity index (χ0) is 17.4. The number of aliphatic hydroxyl groups excluding tert-OH is 1. The van der Waals surface area contributed by atoms with Crippen LogP contribution in [0.3, 0.4) is 0 Å². The van der Waals surface area contributed by atoms with Gasteiger partial charge in [0, 0.05) is 37.1 Å². The lowest BCUT2D eigenvalue weighted by molar-refractivity contribution is 0.151. The summed E-state index contributed by atoms with van der Waals surface area (Å²) in [4.78, 5) is 4.35. The number of aromatic nitrogens is 2. The first-order valence-corrected chi connectivity index (χ1v) is 8.76. The van der Waals surface area contributed by atoms with Crippen molar-refractivity contribution in [3.63, 3.8) is 0 Å². The van der Waals surface area contributed by atoms with Gasteiger partial charge in [0.05, 0.1) is 17.3 Å². The second-order valence-corrected chi connectivity index (χ2v) is 6.73. The number of anilines is 1. The SMILES string of the molecule is Cn1cc(CCNc2ccnc3c2CCCC3O)c2ccc(F)cc21. The summed E-state index contributed by atoms with van der Waals surface area (Å²) in [6.45, 7) is 0.781. The van der Waals surface area contributed by atoms with Crippen molar-refractivity contribution in [3.05, 3.63) is 59.3 Å². The van der Waals surface area contributed by atoms with Gasteiger partial charge in [0.25, 0.3) is 0 Å². The Bertz CT molecular complexity index is 919. The van der Waals surface area contributed by atoms with Crippen LogP contribution in [0.5, 0.6) is 0 Å². The molecule has 130 valence electrons. The maximum atomic E-state index is 13.4. The fraction of sp³-hybridized carbons (Fsp3) is 0.350. The molecule has 25 heavy (non-hydrogen) atoms. The summed E-state index contributed by atoms with van der Waals surface area (Å²) in [5, 5.41) is 14.7. The standard InChI is InChI=1S/C20H22FN3O/c1-24-12-13(15-6-5-14(21)11-18(15)24)7-9-22-17-8-10-23-20-16(17)3-2-4-19(20)25/h5-6,8,10-12,19,25H,2-4,7,9H2,1H3,(H,22,23). The Balaban J connectivity index is 1.51. The molecule has 0 bridgehead atoms. The van der Waals surface area contributed by atoms with Crippen molar-refractivity contribution in [2.24, 2.45) is 7.05 Å². The third-order valence-electron chi connectivity index (χ3n) is 5.05. The summed E-state index contributed by atoms with van der Waals surface area (Å²) in [7, 11) is 1.94. The molecule has 0 aliphatic heterocycles. The van der Waals surface area contributed by atoms with Crippen molar-refractivity contribution in [1.29, 1.82) is 0 Å². The van der Waals surface area contributed by atoms with Gasteiger partial charge in [-0.05, 0) is 61.1 Å². The van der Waals surface area contributed by atoms with Crippen LogP contribution in [-0.2, 0) is 19.9 Å². The first kappa shape index (κ1) is 16.1. The van der Waals surface area contributed by atoms with Crippen molar-refractivity contribution in [3.8, 4) is 0 Å². The minimum Gasteiger partial charge on any atom is -0.387 e. The highest BCUT2D eigenvalue weighted by molar-refractivity contribution is 5.84. The average molecular weight is 339 g/mol. The predicted octanol–water partition coefficient (Wildman–Crippen LogP) is 3.74. The van der Waals surface area contributed by atoms with E-state index in [1.165, 1.54) is 11.6 Å². The van der Waals surface area contributed by atoms with Crippen LogP contribution < -0.4 is 5.32 Å². The largest absolute Gasteiger partial charge is 0.387 e. The van der Waals surface area contributed by atoms with Gasteiger partial charge in [-0.3, -0.25) is 4.98 Å². The quantitative estimate of drug-likeness (QED) is 0.761. The molecule has 0 saturated carbocycles. The minimum atomic E-state index is -0.446. The molecule has 0 spiro atoms. The van der Waals surface area contributed by atoms with Crippen molar-refractivity contribution in [2.45, 2.75) is 31.8 Å². The topological polar surface area (TPSA) is 50.1 Å². The number of rotatable bonds is 4. The summed E-state index contributed by atoms with van der Waals surface area (Å²) in [5.74, 6) is -0.208. The van der Waals surface area contributed by atoms with E-state index in [0.29, 0.717) is 0 Å². The normalized spacial score (nSPS) is 16.8. The van der Waals surface area contributed by atoms with Gasteiger partial charge in [0.15, 0.2) is 0 Å². The summed E-state index contributed by atoms with van der Waals surface area (Å²) in [6.07, 6.45) is 6.96. The average Bonchev–Trinajstić information content (AvgIpc) is 2.91. The third kappa shape index (κ3) is 3.00. The highest BCUT2D eigenvalue weighted by Crippen LogP contribution is 2.32. The van der Waals surface area contributed by atoms with E-state index < -0.39 is 6.10 Å². The molecule has 1 atom stereocenters. The van der Waals surface area contributed by atoms with Gasteiger partial charge in [-0.25, -0.2) is 4.39 Å². The van der Waals surface area contributed by atoms with Gasteiger partial charge in [0.2, 0.25) is 0 Å². The van der Waals surface area contributed by atoms with Gasteiger partial charge in [-0.2, -0.15) is 0 Å². The van der Waals surface area contributed by atoms with Crippen LogP contribution in [0.2, 0.25) is 0 Å². The Morgan fingerprint density at radius 3 is 3.12 bits per heavy atom. The Kier molecular flexibility index (Phi) is 4.17. The minimum absolute atomic E-state index is 0.208. The number of nitrogens with one attached hydrogen (secondary N) is 1. The molecule has 2 heterocycles. The summed E-state index contributed by atoms with van der Waals surface area (Å²) in [5.41, 5.74) is 5.14. The highest BCUT2D eigenvalue weighted by Gasteiger charge is 2.21. The number of hydrogen-bond acceptors (Lipinski definition) is 3. The molecule has 0 amide bonds. The zero-order valence-electron chi connectivity index (χ0n) is 14.3. The molecule has 2 N–H and O–H groups in total.